The van der Waals surface area contributed by atoms with Gasteiger partial charge in [0.25, 0.3) is 0 Å². The molecule has 27 heavy (non-hydrogen) atoms. The first-order valence-corrected chi connectivity index (χ1v) is 11.1. The van der Waals surface area contributed by atoms with Crippen LogP contribution in [0, 0.1) is 24.7 Å². The topological polar surface area (TPSA) is 49.4 Å². The fraction of sp³-hybridized carbons (Fsp3) is 0.636. The Balaban J connectivity index is 1.26. The lowest BCUT2D eigenvalue weighted by Gasteiger charge is -2.56. The van der Waals surface area contributed by atoms with Crippen LogP contribution in [0.4, 0.5) is 5.69 Å². The third kappa shape index (κ3) is 4.34. The number of hydrogen-bond acceptors (Lipinski definition) is 3. The molecule has 0 saturated heterocycles. The second-order valence-corrected chi connectivity index (χ2v) is 10.5. The van der Waals surface area contributed by atoms with Gasteiger partial charge in [-0.15, -0.1) is 11.8 Å². The number of benzene rings is 1. The van der Waals surface area contributed by atoms with E-state index in [0.29, 0.717) is 10.5 Å². The van der Waals surface area contributed by atoms with E-state index in [1.807, 2.05) is 43.0 Å². The van der Waals surface area contributed by atoms with E-state index in [1.54, 1.807) is 11.9 Å². The number of amides is 2. The number of rotatable bonds is 6. The molecule has 1 aromatic carbocycles. The molecule has 4 nitrogen and oxygen atoms in total. The SMILES string of the molecule is Cc1ccc(NC(=O)CN(C)C(=O)CSC23CC4CC(CC(C4)C2)C3)cc1. The number of thioether (sulfide) groups is 1. The molecule has 4 bridgehead atoms. The van der Waals surface area contributed by atoms with Gasteiger partial charge < -0.3 is 10.2 Å². The van der Waals surface area contributed by atoms with Crippen molar-refractivity contribution in [3.8, 4) is 0 Å². The van der Waals surface area contributed by atoms with Crippen LogP contribution in [0.1, 0.15) is 44.1 Å². The van der Waals surface area contributed by atoms with Crippen molar-refractivity contribution in [1.82, 2.24) is 4.90 Å². The van der Waals surface area contributed by atoms with Gasteiger partial charge >= 0.3 is 0 Å². The van der Waals surface area contributed by atoms with E-state index >= 15 is 0 Å². The van der Waals surface area contributed by atoms with Crippen molar-refractivity contribution < 1.29 is 9.59 Å². The molecule has 4 aliphatic carbocycles. The molecule has 146 valence electrons. The highest BCUT2D eigenvalue weighted by molar-refractivity contribution is 8.01. The van der Waals surface area contributed by atoms with E-state index in [0.717, 1.165) is 29.0 Å². The molecule has 2 amide bonds. The molecular formula is C22H30N2O2S. The molecule has 1 aromatic rings. The van der Waals surface area contributed by atoms with Crippen LogP contribution in [0.15, 0.2) is 24.3 Å². The van der Waals surface area contributed by atoms with Crippen LogP contribution in [0.3, 0.4) is 0 Å². The fourth-order valence-electron chi connectivity index (χ4n) is 5.67. The second kappa shape index (κ2) is 7.50. The predicted molar refractivity (Wildman–Crippen MR) is 111 cm³/mol. The maximum absolute atomic E-state index is 12.6. The lowest BCUT2D eigenvalue weighted by Crippen LogP contribution is -2.49. The highest BCUT2D eigenvalue weighted by Crippen LogP contribution is 2.60. The normalized spacial score (nSPS) is 31.0. The zero-order valence-corrected chi connectivity index (χ0v) is 17.2. The van der Waals surface area contributed by atoms with Crippen molar-refractivity contribution in [2.45, 2.75) is 50.2 Å². The van der Waals surface area contributed by atoms with Gasteiger partial charge in [0.15, 0.2) is 0 Å². The van der Waals surface area contributed by atoms with Gasteiger partial charge in [0.1, 0.15) is 0 Å². The summed E-state index contributed by atoms with van der Waals surface area (Å²) in [6.07, 6.45) is 8.17. The largest absolute Gasteiger partial charge is 0.336 e. The lowest BCUT2D eigenvalue weighted by atomic mass is 9.56. The van der Waals surface area contributed by atoms with E-state index in [-0.39, 0.29) is 18.4 Å². The number of carbonyl (C=O) groups excluding carboxylic acids is 2. The standard InChI is InChI=1S/C22H30N2O2S/c1-15-3-5-19(6-4-15)23-20(25)13-24(2)21(26)14-27-22-10-16-7-17(11-22)9-18(8-16)12-22/h3-6,16-18H,7-14H2,1-2H3,(H,23,25). The summed E-state index contributed by atoms with van der Waals surface area (Å²) in [7, 11) is 1.73. The number of hydrogen-bond donors (Lipinski definition) is 1. The average Bonchev–Trinajstić information content (AvgIpc) is 2.60. The van der Waals surface area contributed by atoms with Crippen molar-refractivity contribution in [2.75, 3.05) is 24.7 Å². The summed E-state index contributed by atoms with van der Waals surface area (Å²) in [6.45, 7) is 2.12. The van der Waals surface area contributed by atoms with Crippen molar-refractivity contribution in [1.29, 1.82) is 0 Å². The van der Waals surface area contributed by atoms with E-state index < -0.39 is 0 Å². The predicted octanol–water partition coefficient (Wildman–Crippen LogP) is 4.09. The Morgan fingerprint density at radius 1 is 1.07 bits per heavy atom. The Kier molecular flexibility index (Phi) is 5.23. The van der Waals surface area contributed by atoms with Gasteiger partial charge in [0, 0.05) is 17.5 Å². The van der Waals surface area contributed by atoms with Gasteiger partial charge in [-0.2, -0.15) is 0 Å². The maximum atomic E-state index is 12.6. The van der Waals surface area contributed by atoms with Crippen LogP contribution >= 0.6 is 11.8 Å². The summed E-state index contributed by atoms with van der Waals surface area (Å²) in [5.41, 5.74) is 1.93. The molecule has 0 radical (unpaired) electrons. The minimum atomic E-state index is -0.144. The third-order valence-corrected chi connectivity index (χ3v) is 8.13. The van der Waals surface area contributed by atoms with Gasteiger partial charge in [0.2, 0.25) is 11.8 Å². The zero-order chi connectivity index (χ0) is 19.0. The maximum Gasteiger partial charge on any atom is 0.243 e. The van der Waals surface area contributed by atoms with Gasteiger partial charge in [-0.3, -0.25) is 9.59 Å². The highest BCUT2D eigenvalue weighted by Gasteiger charge is 2.51. The second-order valence-electron chi connectivity index (χ2n) is 9.05. The highest BCUT2D eigenvalue weighted by atomic mass is 32.2. The fourth-order valence-corrected chi connectivity index (χ4v) is 7.38. The average molecular weight is 387 g/mol. The van der Waals surface area contributed by atoms with Crippen LogP contribution in [-0.2, 0) is 9.59 Å². The molecule has 5 heteroatoms. The molecule has 0 aliphatic heterocycles. The van der Waals surface area contributed by atoms with E-state index in [4.69, 9.17) is 0 Å². The Hall–Kier alpha value is -1.49. The van der Waals surface area contributed by atoms with E-state index in [1.165, 1.54) is 38.5 Å². The first kappa shape index (κ1) is 18.9. The number of carbonyl (C=O) groups is 2. The lowest BCUT2D eigenvalue weighted by molar-refractivity contribution is -0.131. The number of likely N-dealkylation sites (N-methyl/N-ethyl adjacent to an activating group) is 1. The first-order chi connectivity index (χ1) is 12.9. The summed E-state index contributed by atoms with van der Waals surface area (Å²) >= 11 is 1.88. The van der Waals surface area contributed by atoms with Crippen LogP contribution in [0.25, 0.3) is 0 Å². The molecule has 1 N–H and O–H groups in total. The Labute approximate surface area is 166 Å². The molecule has 5 rings (SSSR count). The van der Waals surface area contributed by atoms with Gasteiger partial charge in [0.05, 0.1) is 12.3 Å². The third-order valence-electron chi connectivity index (χ3n) is 6.63. The molecule has 4 saturated carbocycles. The minimum Gasteiger partial charge on any atom is -0.336 e. The van der Waals surface area contributed by atoms with Crippen LogP contribution < -0.4 is 5.32 Å². The number of aryl methyl sites for hydroxylation is 1. The van der Waals surface area contributed by atoms with E-state index in [2.05, 4.69) is 5.32 Å². The smallest absolute Gasteiger partial charge is 0.243 e. The summed E-state index contributed by atoms with van der Waals surface area (Å²) in [5.74, 6) is 3.12. The van der Waals surface area contributed by atoms with Crippen LogP contribution in [-0.4, -0.2) is 40.8 Å². The molecule has 4 fully saturated rings. The van der Waals surface area contributed by atoms with Crippen molar-refractivity contribution in [3.05, 3.63) is 29.8 Å². The summed E-state index contributed by atoms with van der Waals surface area (Å²) < 4.78 is 0.343. The first-order valence-electron chi connectivity index (χ1n) is 10.2. The molecular weight excluding hydrogens is 356 g/mol. The quantitative estimate of drug-likeness (QED) is 0.801. The molecule has 0 aromatic heterocycles. The van der Waals surface area contributed by atoms with Crippen LogP contribution in [0.2, 0.25) is 0 Å². The molecule has 0 atom stereocenters. The molecule has 0 spiro atoms. The number of nitrogens with zero attached hydrogens (tertiary/aromatic N) is 1. The van der Waals surface area contributed by atoms with Gasteiger partial charge in [-0.25, -0.2) is 0 Å². The van der Waals surface area contributed by atoms with Gasteiger partial charge in [-0.05, 0) is 75.3 Å². The van der Waals surface area contributed by atoms with E-state index in [9.17, 15) is 9.59 Å². The monoisotopic (exact) mass is 386 g/mol. The minimum absolute atomic E-state index is 0.0646. The molecule has 0 heterocycles. The summed E-state index contributed by atoms with van der Waals surface area (Å²) in [6, 6.07) is 7.70. The zero-order valence-electron chi connectivity index (χ0n) is 16.4. The van der Waals surface area contributed by atoms with Crippen molar-refractivity contribution in [2.24, 2.45) is 17.8 Å². The van der Waals surface area contributed by atoms with Crippen molar-refractivity contribution in [3.63, 3.8) is 0 Å². The Morgan fingerprint density at radius 2 is 1.63 bits per heavy atom. The Bertz CT molecular complexity index is 680. The molecule has 4 aliphatic rings. The van der Waals surface area contributed by atoms with Crippen molar-refractivity contribution >= 4 is 29.3 Å². The summed E-state index contributed by atoms with van der Waals surface area (Å²) in [5, 5.41) is 2.87. The van der Waals surface area contributed by atoms with Crippen LogP contribution in [0.5, 0.6) is 0 Å². The molecule has 0 unspecified atom stereocenters. The van der Waals surface area contributed by atoms with Gasteiger partial charge in [-0.1, -0.05) is 17.7 Å². The number of nitrogens with one attached hydrogen (secondary N) is 1. The number of anilines is 1. The summed E-state index contributed by atoms with van der Waals surface area (Å²) in [4.78, 5) is 26.4. The Morgan fingerprint density at radius 3 is 2.19 bits per heavy atom.